The molecule has 2 amide bonds. The molecule has 1 atom stereocenters. The second-order valence-electron chi connectivity index (χ2n) is 4.97. The minimum absolute atomic E-state index is 0.0364. The van der Waals surface area contributed by atoms with Gasteiger partial charge in [-0.2, -0.15) is 0 Å². The smallest absolute Gasteiger partial charge is 0.317 e. The lowest BCUT2D eigenvalue weighted by molar-refractivity contribution is -0.139. The van der Waals surface area contributed by atoms with E-state index in [1.165, 1.54) is 4.90 Å². The van der Waals surface area contributed by atoms with Gasteiger partial charge in [0.1, 0.15) is 0 Å². The number of carboxylic acids is 1. The molecule has 0 aliphatic carbocycles. The molecule has 0 fully saturated rings. The van der Waals surface area contributed by atoms with E-state index < -0.39 is 11.9 Å². The number of carbonyl (C=O) groups excluding carboxylic acids is 2. The number of nitrogens with two attached hydrogens (primary N) is 1. The Morgan fingerprint density at radius 2 is 1.85 bits per heavy atom. The Balaban J connectivity index is 4.16. The van der Waals surface area contributed by atoms with Gasteiger partial charge in [-0.25, -0.2) is 0 Å². The van der Waals surface area contributed by atoms with Crippen molar-refractivity contribution >= 4 is 17.8 Å². The highest BCUT2D eigenvalue weighted by Gasteiger charge is 2.17. The molecule has 0 aromatic rings. The van der Waals surface area contributed by atoms with Crippen molar-refractivity contribution in [2.24, 2.45) is 5.73 Å². The van der Waals surface area contributed by atoms with Crippen molar-refractivity contribution in [1.29, 1.82) is 0 Å². The number of carbonyl (C=O) groups is 3. The van der Waals surface area contributed by atoms with E-state index in [0.717, 1.165) is 25.7 Å². The Morgan fingerprint density at radius 3 is 2.35 bits per heavy atom. The van der Waals surface area contributed by atoms with E-state index >= 15 is 0 Å². The summed E-state index contributed by atoms with van der Waals surface area (Å²) in [5.74, 6) is -2.05. The number of rotatable bonds is 11. The molecule has 7 nitrogen and oxygen atoms in total. The zero-order valence-corrected chi connectivity index (χ0v) is 12.2. The molecule has 0 saturated carbocycles. The molecular formula is C13H25N3O4. The van der Waals surface area contributed by atoms with Gasteiger partial charge >= 0.3 is 5.97 Å². The van der Waals surface area contributed by atoms with Crippen LogP contribution in [0.15, 0.2) is 0 Å². The average molecular weight is 287 g/mol. The van der Waals surface area contributed by atoms with Crippen LogP contribution in [-0.4, -0.2) is 53.5 Å². The van der Waals surface area contributed by atoms with Gasteiger partial charge < -0.3 is 16.2 Å². The third kappa shape index (κ3) is 10.3. The van der Waals surface area contributed by atoms with Crippen molar-refractivity contribution in [1.82, 2.24) is 10.2 Å². The van der Waals surface area contributed by atoms with Crippen molar-refractivity contribution in [2.45, 2.75) is 45.6 Å². The van der Waals surface area contributed by atoms with Gasteiger partial charge in [0, 0.05) is 6.04 Å². The van der Waals surface area contributed by atoms with Crippen LogP contribution >= 0.6 is 0 Å². The molecule has 0 aromatic carbocycles. The van der Waals surface area contributed by atoms with Gasteiger partial charge in [-0.15, -0.1) is 0 Å². The fourth-order valence-electron chi connectivity index (χ4n) is 1.88. The normalized spacial score (nSPS) is 12.2. The molecule has 0 aliphatic heterocycles. The molecule has 0 aromatic heterocycles. The Bertz CT molecular complexity index is 318. The Labute approximate surface area is 119 Å². The van der Waals surface area contributed by atoms with Crippen molar-refractivity contribution in [3.8, 4) is 0 Å². The van der Waals surface area contributed by atoms with Gasteiger partial charge in [-0.05, 0) is 13.3 Å². The number of amides is 2. The summed E-state index contributed by atoms with van der Waals surface area (Å²) in [6.07, 6.45) is 4.16. The van der Waals surface area contributed by atoms with Crippen LogP contribution in [0.3, 0.4) is 0 Å². The van der Waals surface area contributed by atoms with Gasteiger partial charge in [0.2, 0.25) is 11.8 Å². The van der Waals surface area contributed by atoms with Crippen molar-refractivity contribution in [3.05, 3.63) is 0 Å². The molecule has 0 rings (SSSR count). The van der Waals surface area contributed by atoms with Crippen LogP contribution in [0.2, 0.25) is 0 Å². The molecule has 0 aliphatic rings. The summed E-state index contributed by atoms with van der Waals surface area (Å²) in [7, 11) is 0. The minimum atomic E-state index is -1.10. The number of unbranched alkanes of at least 4 members (excludes halogenated alkanes) is 2. The number of primary amides is 1. The predicted octanol–water partition coefficient (Wildman–Crippen LogP) is -0.0567. The fraction of sp³-hybridized carbons (Fsp3) is 0.769. The summed E-state index contributed by atoms with van der Waals surface area (Å²) < 4.78 is 0. The molecular weight excluding hydrogens is 262 g/mol. The molecule has 20 heavy (non-hydrogen) atoms. The van der Waals surface area contributed by atoms with Crippen LogP contribution in [0.25, 0.3) is 0 Å². The summed E-state index contributed by atoms with van der Waals surface area (Å²) in [5, 5.41) is 11.5. The first-order valence-corrected chi connectivity index (χ1v) is 6.87. The second-order valence-corrected chi connectivity index (χ2v) is 4.97. The Morgan fingerprint density at radius 1 is 1.20 bits per heavy atom. The largest absolute Gasteiger partial charge is 0.480 e. The lowest BCUT2D eigenvalue weighted by Gasteiger charge is -2.20. The van der Waals surface area contributed by atoms with Gasteiger partial charge in [0.25, 0.3) is 0 Å². The summed E-state index contributed by atoms with van der Waals surface area (Å²) in [6, 6.07) is 0.0364. The number of nitrogens with one attached hydrogen (secondary N) is 1. The molecule has 0 radical (unpaired) electrons. The topological polar surface area (TPSA) is 113 Å². The lowest BCUT2D eigenvalue weighted by Crippen LogP contribution is -2.45. The number of aliphatic carboxylic acids is 1. The summed E-state index contributed by atoms with van der Waals surface area (Å²) >= 11 is 0. The van der Waals surface area contributed by atoms with E-state index in [0.29, 0.717) is 0 Å². The first-order chi connectivity index (χ1) is 9.35. The molecule has 0 bridgehead atoms. The third-order valence-corrected chi connectivity index (χ3v) is 2.75. The highest BCUT2D eigenvalue weighted by atomic mass is 16.4. The predicted molar refractivity (Wildman–Crippen MR) is 75.0 cm³/mol. The maximum atomic E-state index is 11.8. The fourth-order valence-corrected chi connectivity index (χ4v) is 1.88. The minimum Gasteiger partial charge on any atom is -0.480 e. The SMILES string of the molecule is CCCCCC(C)NC(=O)CN(CC(N)=O)CC(=O)O. The first kappa shape index (κ1) is 18.4. The van der Waals surface area contributed by atoms with E-state index in [4.69, 9.17) is 10.8 Å². The molecule has 7 heteroatoms. The highest BCUT2D eigenvalue weighted by Crippen LogP contribution is 2.02. The van der Waals surface area contributed by atoms with Crippen LogP contribution < -0.4 is 11.1 Å². The Kier molecular flexibility index (Phi) is 9.36. The van der Waals surface area contributed by atoms with Gasteiger partial charge in [-0.3, -0.25) is 19.3 Å². The van der Waals surface area contributed by atoms with Gasteiger partial charge in [0.05, 0.1) is 19.6 Å². The summed E-state index contributed by atoms with van der Waals surface area (Å²) in [4.78, 5) is 34.4. The van der Waals surface area contributed by atoms with E-state index in [1.807, 2.05) is 6.92 Å². The molecule has 0 saturated heterocycles. The van der Waals surface area contributed by atoms with Crippen LogP contribution in [0.4, 0.5) is 0 Å². The number of nitrogens with zero attached hydrogens (tertiary/aromatic N) is 1. The second kappa shape index (κ2) is 10.2. The monoisotopic (exact) mass is 287 g/mol. The lowest BCUT2D eigenvalue weighted by atomic mass is 10.1. The molecule has 0 heterocycles. The van der Waals surface area contributed by atoms with Crippen molar-refractivity contribution < 1.29 is 19.5 Å². The number of carboxylic acid groups (broad SMARTS) is 1. The maximum Gasteiger partial charge on any atom is 0.317 e. The van der Waals surface area contributed by atoms with Crippen LogP contribution in [0.5, 0.6) is 0 Å². The highest BCUT2D eigenvalue weighted by molar-refractivity contribution is 5.81. The van der Waals surface area contributed by atoms with E-state index in [2.05, 4.69) is 12.2 Å². The first-order valence-electron chi connectivity index (χ1n) is 6.87. The quantitative estimate of drug-likeness (QED) is 0.461. The average Bonchev–Trinajstić information content (AvgIpc) is 2.26. The maximum absolute atomic E-state index is 11.8. The Hall–Kier alpha value is -1.63. The zero-order valence-electron chi connectivity index (χ0n) is 12.2. The molecule has 116 valence electrons. The van der Waals surface area contributed by atoms with Crippen LogP contribution in [0.1, 0.15) is 39.5 Å². The van der Waals surface area contributed by atoms with E-state index in [-0.39, 0.29) is 31.6 Å². The standard InChI is InChI=1S/C13H25N3O4/c1-3-4-5-6-10(2)15-12(18)8-16(7-11(14)17)9-13(19)20/h10H,3-9H2,1-2H3,(H2,14,17)(H,15,18)(H,19,20). The van der Waals surface area contributed by atoms with E-state index in [1.54, 1.807) is 0 Å². The number of hydrogen-bond acceptors (Lipinski definition) is 4. The van der Waals surface area contributed by atoms with Crippen LogP contribution in [-0.2, 0) is 14.4 Å². The molecule has 1 unspecified atom stereocenters. The van der Waals surface area contributed by atoms with Crippen molar-refractivity contribution in [3.63, 3.8) is 0 Å². The van der Waals surface area contributed by atoms with Gasteiger partial charge in [-0.1, -0.05) is 26.2 Å². The number of hydrogen-bond donors (Lipinski definition) is 3. The van der Waals surface area contributed by atoms with E-state index in [9.17, 15) is 14.4 Å². The summed E-state index contributed by atoms with van der Waals surface area (Å²) in [6.45, 7) is 3.23. The molecule has 0 spiro atoms. The van der Waals surface area contributed by atoms with Gasteiger partial charge in [0.15, 0.2) is 0 Å². The zero-order chi connectivity index (χ0) is 15.5. The van der Waals surface area contributed by atoms with Crippen LogP contribution in [0, 0.1) is 0 Å². The molecule has 4 N–H and O–H groups in total. The summed E-state index contributed by atoms with van der Waals surface area (Å²) in [5.41, 5.74) is 5.02. The van der Waals surface area contributed by atoms with Crippen molar-refractivity contribution in [2.75, 3.05) is 19.6 Å². The third-order valence-electron chi connectivity index (χ3n) is 2.75.